The van der Waals surface area contributed by atoms with Gasteiger partial charge in [-0.15, -0.1) is 11.3 Å². The second-order valence-electron chi connectivity index (χ2n) is 3.67. The van der Waals surface area contributed by atoms with Gasteiger partial charge in [0.2, 0.25) is 0 Å². The van der Waals surface area contributed by atoms with Crippen molar-refractivity contribution in [2.45, 2.75) is 13.0 Å². The summed E-state index contributed by atoms with van der Waals surface area (Å²) in [5.74, 6) is -0.140. The van der Waals surface area contributed by atoms with E-state index in [2.05, 4.69) is 10.6 Å². The summed E-state index contributed by atoms with van der Waals surface area (Å²) in [6.45, 7) is 2.49. The van der Waals surface area contributed by atoms with Gasteiger partial charge >= 0.3 is 0 Å². The van der Waals surface area contributed by atoms with Gasteiger partial charge in [0, 0.05) is 11.9 Å². The standard InChI is InChI=1S/C11H17N3O2S/c1-8(9-4-3-5-17-9)14-11(16)7-13-6-10(15)12-2/h3-5,8,13H,6-7H2,1-2H3,(H,12,15)(H,14,16)/p+1/t8-/m0/s1. The number of rotatable bonds is 6. The second-order valence-corrected chi connectivity index (χ2v) is 4.65. The minimum absolute atomic E-state index is 0.0240. The first kappa shape index (κ1) is 13.7. The van der Waals surface area contributed by atoms with E-state index >= 15 is 0 Å². The summed E-state index contributed by atoms with van der Waals surface area (Å²) in [6, 6.07) is 3.97. The minimum atomic E-state index is -0.0795. The highest BCUT2D eigenvalue weighted by atomic mass is 32.1. The van der Waals surface area contributed by atoms with Crippen molar-refractivity contribution in [1.29, 1.82) is 0 Å². The Bertz CT molecular complexity index is 365. The summed E-state index contributed by atoms with van der Waals surface area (Å²) in [4.78, 5) is 23.6. The average molecular weight is 256 g/mol. The molecule has 1 aromatic rings. The molecule has 0 saturated carbocycles. The van der Waals surface area contributed by atoms with Gasteiger partial charge in [0.15, 0.2) is 13.1 Å². The first-order valence-corrected chi connectivity index (χ1v) is 6.36. The zero-order valence-corrected chi connectivity index (χ0v) is 10.8. The van der Waals surface area contributed by atoms with Crippen LogP contribution in [0.3, 0.4) is 0 Å². The van der Waals surface area contributed by atoms with Crippen LogP contribution in [0.25, 0.3) is 0 Å². The van der Waals surface area contributed by atoms with Crippen molar-refractivity contribution >= 4 is 23.2 Å². The van der Waals surface area contributed by atoms with E-state index in [4.69, 9.17) is 0 Å². The van der Waals surface area contributed by atoms with Crippen LogP contribution >= 0.6 is 11.3 Å². The molecule has 1 heterocycles. The highest BCUT2D eigenvalue weighted by molar-refractivity contribution is 7.10. The van der Waals surface area contributed by atoms with Crippen LogP contribution in [0.4, 0.5) is 0 Å². The molecule has 0 fully saturated rings. The van der Waals surface area contributed by atoms with Crippen molar-refractivity contribution in [3.05, 3.63) is 22.4 Å². The number of carbonyl (C=O) groups is 2. The Kier molecular flexibility index (Phi) is 5.65. The van der Waals surface area contributed by atoms with E-state index in [0.717, 1.165) is 4.88 Å². The first-order chi connectivity index (χ1) is 8.13. The molecule has 0 saturated heterocycles. The summed E-state index contributed by atoms with van der Waals surface area (Å²) in [7, 11) is 1.58. The molecule has 1 rings (SSSR count). The van der Waals surface area contributed by atoms with Crippen molar-refractivity contribution in [2.75, 3.05) is 20.1 Å². The maximum Gasteiger partial charge on any atom is 0.275 e. The Morgan fingerprint density at radius 2 is 2.12 bits per heavy atom. The predicted molar refractivity (Wildman–Crippen MR) is 66.6 cm³/mol. The van der Waals surface area contributed by atoms with Crippen LogP contribution in [0.15, 0.2) is 17.5 Å². The van der Waals surface area contributed by atoms with Crippen LogP contribution in [-0.4, -0.2) is 32.0 Å². The fraction of sp³-hybridized carbons (Fsp3) is 0.455. The molecule has 0 unspecified atom stereocenters. The van der Waals surface area contributed by atoms with Gasteiger partial charge in [-0.05, 0) is 18.4 Å². The lowest BCUT2D eigenvalue weighted by Gasteiger charge is -2.11. The summed E-state index contributed by atoms with van der Waals surface area (Å²) < 4.78 is 0. The van der Waals surface area contributed by atoms with Crippen molar-refractivity contribution in [2.24, 2.45) is 0 Å². The number of carbonyl (C=O) groups excluding carboxylic acids is 2. The summed E-state index contributed by atoms with van der Waals surface area (Å²) in [6.07, 6.45) is 0. The molecule has 1 atom stereocenters. The van der Waals surface area contributed by atoms with Crippen LogP contribution in [0.5, 0.6) is 0 Å². The Balaban J connectivity index is 2.23. The Labute approximate surface area is 105 Å². The van der Waals surface area contributed by atoms with Crippen LogP contribution < -0.4 is 16.0 Å². The van der Waals surface area contributed by atoms with Gasteiger partial charge in [-0.2, -0.15) is 0 Å². The molecule has 0 bridgehead atoms. The van der Waals surface area contributed by atoms with E-state index < -0.39 is 0 Å². The van der Waals surface area contributed by atoms with E-state index in [1.54, 1.807) is 23.7 Å². The number of nitrogens with two attached hydrogens (primary N) is 1. The topological polar surface area (TPSA) is 74.8 Å². The lowest BCUT2D eigenvalue weighted by Crippen LogP contribution is -2.88. The molecular formula is C11H18N3O2S+. The van der Waals surface area contributed by atoms with Gasteiger partial charge in [-0.1, -0.05) is 6.07 Å². The number of amides is 2. The summed E-state index contributed by atoms with van der Waals surface area (Å²) >= 11 is 1.62. The van der Waals surface area contributed by atoms with E-state index in [9.17, 15) is 9.59 Å². The zero-order chi connectivity index (χ0) is 12.7. The van der Waals surface area contributed by atoms with Crippen molar-refractivity contribution < 1.29 is 14.9 Å². The number of likely N-dealkylation sites (N-methyl/N-ethyl adjacent to an activating group) is 1. The molecule has 0 spiro atoms. The molecule has 2 amide bonds. The molecule has 0 aliphatic carbocycles. The van der Waals surface area contributed by atoms with Crippen LogP contribution in [-0.2, 0) is 9.59 Å². The first-order valence-electron chi connectivity index (χ1n) is 5.48. The Hall–Kier alpha value is -1.40. The van der Waals surface area contributed by atoms with Crippen molar-refractivity contribution in [3.8, 4) is 0 Å². The zero-order valence-electron chi connectivity index (χ0n) is 10.0. The van der Waals surface area contributed by atoms with Gasteiger partial charge in [0.05, 0.1) is 6.04 Å². The lowest BCUT2D eigenvalue weighted by atomic mass is 10.3. The van der Waals surface area contributed by atoms with E-state index in [-0.39, 0.29) is 30.9 Å². The predicted octanol–water partition coefficient (Wildman–Crippen LogP) is -0.765. The van der Waals surface area contributed by atoms with Gasteiger partial charge in [0.1, 0.15) is 0 Å². The van der Waals surface area contributed by atoms with Crippen LogP contribution in [0.2, 0.25) is 0 Å². The maximum absolute atomic E-state index is 11.5. The number of nitrogens with one attached hydrogen (secondary N) is 2. The fourth-order valence-corrected chi connectivity index (χ4v) is 2.08. The quantitative estimate of drug-likeness (QED) is 0.625. The largest absolute Gasteiger partial charge is 0.354 e. The van der Waals surface area contributed by atoms with E-state index in [1.807, 2.05) is 24.4 Å². The van der Waals surface area contributed by atoms with Gasteiger partial charge in [-0.25, -0.2) is 0 Å². The molecular weight excluding hydrogens is 238 g/mol. The van der Waals surface area contributed by atoms with Crippen LogP contribution in [0, 0.1) is 0 Å². The highest BCUT2D eigenvalue weighted by Crippen LogP contribution is 2.17. The molecule has 0 aliphatic rings. The molecule has 0 aliphatic heterocycles. The normalized spacial score (nSPS) is 11.9. The number of thiophene rings is 1. The molecule has 6 heteroatoms. The molecule has 4 N–H and O–H groups in total. The molecule has 0 aromatic carbocycles. The Morgan fingerprint density at radius 3 is 2.71 bits per heavy atom. The van der Waals surface area contributed by atoms with Gasteiger partial charge < -0.3 is 16.0 Å². The minimum Gasteiger partial charge on any atom is -0.354 e. The van der Waals surface area contributed by atoms with E-state index in [0.29, 0.717) is 0 Å². The van der Waals surface area contributed by atoms with Crippen molar-refractivity contribution in [3.63, 3.8) is 0 Å². The third-order valence-electron chi connectivity index (χ3n) is 2.29. The molecule has 94 valence electrons. The van der Waals surface area contributed by atoms with Crippen molar-refractivity contribution in [1.82, 2.24) is 10.6 Å². The third kappa shape index (κ3) is 4.97. The maximum atomic E-state index is 11.5. The average Bonchev–Trinajstić information content (AvgIpc) is 2.82. The monoisotopic (exact) mass is 256 g/mol. The smallest absolute Gasteiger partial charge is 0.275 e. The molecule has 5 nitrogen and oxygen atoms in total. The number of hydrogen-bond donors (Lipinski definition) is 3. The number of hydrogen-bond acceptors (Lipinski definition) is 3. The third-order valence-corrected chi connectivity index (χ3v) is 3.34. The summed E-state index contributed by atoms with van der Waals surface area (Å²) in [5, 5.41) is 9.04. The molecule has 0 radical (unpaired) electrons. The summed E-state index contributed by atoms with van der Waals surface area (Å²) in [5.41, 5.74) is 0. The van der Waals surface area contributed by atoms with Gasteiger partial charge in [0.25, 0.3) is 11.8 Å². The Morgan fingerprint density at radius 1 is 1.41 bits per heavy atom. The lowest BCUT2D eigenvalue weighted by molar-refractivity contribution is -0.633. The van der Waals surface area contributed by atoms with E-state index in [1.165, 1.54) is 0 Å². The SMILES string of the molecule is CNC(=O)C[NH2+]CC(=O)N[C@@H](C)c1cccs1. The highest BCUT2D eigenvalue weighted by Gasteiger charge is 2.11. The number of quaternary nitrogens is 1. The van der Waals surface area contributed by atoms with Gasteiger partial charge in [-0.3, -0.25) is 9.59 Å². The fourth-order valence-electron chi connectivity index (χ4n) is 1.35. The molecule has 1 aromatic heterocycles. The van der Waals surface area contributed by atoms with Crippen LogP contribution in [0.1, 0.15) is 17.8 Å². The molecule has 17 heavy (non-hydrogen) atoms. The second kappa shape index (κ2) is 7.03.